The molecule has 2 aliphatic rings. The predicted octanol–water partition coefficient (Wildman–Crippen LogP) is 0.953. The number of sulfonamides is 2. The van der Waals surface area contributed by atoms with Crippen LogP contribution >= 0.6 is 11.6 Å². The van der Waals surface area contributed by atoms with Crippen LogP contribution in [-0.4, -0.2) is 144 Å². The number of nitrogens with one attached hydrogen (secondary N) is 1. The summed E-state index contributed by atoms with van der Waals surface area (Å²) >= 11 is 5.51. The van der Waals surface area contributed by atoms with E-state index >= 15 is 0 Å². The number of β-amino-alcohol motifs (C(OH)–C–C–N with tert-alkyl or cyclic N) is 2. The van der Waals surface area contributed by atoms with E-state index in [0.717, 1.165) is 53.5 Å². The first-order chi connectivity index (χ1) is 29.4. The fraction of sp³-hybridized carbons (Fsp3) is 0.389. The number of hydrogen-bond donors (Lipinski definition) is 6. The largest absolute Gasteiger partial charge is 0.496 e. The number of methoxy groups -OCH3 is 2. The number of nitrogens with two attached hydrogens (primary N) is 3. The fourth-order valence-corrected chi connectivity index (χ4v) is 7.91. The van der Waals surface area contributed by atoms with Gasteiger partial charge in [0.15, 0.2) is 23.3 Å². The maximum atomic E-state index is 14.2. The number of aliphatic hydroxyl groups is 2. The van der Waals surface area contributed by atoms with Gasteiger partial charge in [0.25, 0.3) is 0 Å². The summed E-state index contributed by atoms with van der Waals surface area (Å²) in [7, 11) is -4.16. The molecule has 9 N–H and O–H groups in total. The fourth-order valence-electron chi connectivity index (χ4n) is 6.05. The standard InChI is InChI=1S/C18H21F2N5O5S.C12H8ClF2N3O2.C6H14N2O3S/c1-30-13-4-3-10(19)15(20)14(13)16(27)9-7-22-18(24-17(9)21)23-11-5-6-25(8-12(11)26)31(2,28)29;1-20-7-3-2-6(14)9(15)8(7)10(19)5-4-17-12(13)18-11(5)16;1-12(10,11)8-3-2-5(7)6(9)4-8/h3-4,7,11-12,26H,5-6,8H2,1-2H3,(H3,21,22,23,24);2-4H,1H3,(H2,16,17,18);5-6,9H,2-4,7H2,1H3/t11-,12-;;5-,6-/m1.1/s1. The van der Waals surface area contributed by atoms with Crippen molar-refractivity contribution in [2.45, 2.75) is 37.1 Å². The van der Waals surface area contributed by atoms with E-state index in [-0.39, 0.29) is 77.6 Å². The Hall–Kier alpha value is -5.35. The van der Waals surface area contributed by atoms with Gasteiger partial charge in [-0.15, -0.1) is 0 Å². The molecule has 20 nitrogen and oxygen atoms in total. The number of ketones is 2. The maximum absolute atomic E-state index is 14.2. The lowest BCUT2D eigenvalue weighted by atomic mass is 10.0. The Labute approximate surface area is 363 Å². The molecule has 4 aromatic rings. The van der Waals surface area contributed by atoms with Crippen LogP contribution in [0.3, 0.4) is 0 Å². The number of ether oxygens (including phenoxy) is 2. The number of piperidine rings is 2. The molecule has 0 saturated carbocycles. The van der Waals surface area contributed by atoms with Crippen LogP contribution in [0.5, 0.6) is 11.5 Å². The Morgan fingerprint density at radius 3 is 1.62 bits per heavy atom. The molecule has 63 heavy (non-hydrogen) atoms. The Morgan fingerprint density at radius 2 is 1.21 bits per heavy atom. The first kappa shape index (κ1) is 50.3. The Balaban J connectivity index is 0.000000232. The summed E-state index contributed by atoms with van der Waals surface area (Å²) in [6, 6.07) is 3.09. The van der Waals surface area contributed by atoms with Crippen LogP contribution in [0.4, 0.5) is 35.1 Å². The van der Waals surface area contributed by atoms with E-state index in [2.05, 4.69) is 25.3 Å². The van der Waals surface area contributed by atoms with E-state index in [1.807, 2.05) is 0 Å². The van der Waals surface area contributed by atoms with E-state index in [4.69, 9.17) is 38.3 Å². The highest BCUT2D eigenvalue weighted by atomic mass is 35.5. The summed E-state index contributed by atoms with van der Waals surface area (Å²) < 4.78 is 112. The van der Waals surface area contributed by atoms with Gasteiger partial charge in [0.1, 0.15) is 34.3 Å². The van der Waals surface area contributed by atoms with Gasteiger partial charge in [-0.2, -0.15) is 13.6 Å². The third kappa shape index (κ3) is 12.4. The number of benzene rings is 2. The van der Waals surface area contributed by atoms with Gasteiger partial charge in [0.2, 0.25) is 42.8 Å². The molecule has 6 rings (SSSR count). The number of hydrogen-bond acceptors (Lipinski definition) is 18. The SMILES string of the molecule is COc1ccc(F)c(F)c1C(=O)c1cnc(Cl)nc1N.COc1ccc(F)c(F)c1C(=O)c1cnc(N[C@@H]2CCN(S(C)(=O)=O)C[C@H]2O)nc1N.CS(=O)(=O)N1CC[C@@H](N)[C@H](O)C1. The van der Waals surface area contributed by atoms with Gasteiger partial charge >= 0.3 is 0 Å². The molecule has 0 radical (unpaired) electrons. The van der Waals surface area contributed by atoms with Crippen LogP contribution in [0.25, 0.3) is 0 Å². The summed E-state index contributed by atoms with van der Waals surface area (Å²) in [4.78, 5) is 40.1. The van der Waals surface area contributed by atoms with Crippen LogP contribution in [0.1, 0.15) is 44.7 Å². The quantitative estimate of drug-likeness (QED) is 0.0732. The van der Waals surface area contributed by atoms with Gasteiger partial charge in [-0.3, -0.25) is 9.59 Å². The summed E-state index contributed by atoms with van der Waals surface area (Å²) in [6.45, 7) is 0.635. The highest BCUT2D eigenvalue weighted by Gasteiger charge is 2.33. The van der Waals surface area contributed by atoms with Gasteiger partial charge in [0.05, 0.1) is 56.1 Å². The summed E-state index contributed by atoms with van der Waals surface area (Å²) in [6.07, 6.45) is 3.33. The molecule has 2 aliphatic heterocycles. The highest BCUT2D eigenvalue weighted by Crippen LogP contribution is 2.29. The van der Waals surface area contributed by atoms with Crippen molar-refractivity contribution in [3.63, 3.8) is 0 Å². The molecule has 2 saturated heterocycles. The molecule has 4 atom stereocenters. The molecule has 4 heterocycles. The second kappa shape index (κ2) is 20.9. The second-order valence-corrected chi connectivity index (χ2v) is 18.1. The number of rotatable bonds is 10. The Kier molecular flexibility index (Phi) is 16.7. The third-order valence-electron chi connectivity index (χ3n) is 9.50. The molecule has 0 bridgehead atoms. The zero-order valence-electron chi connectivity index (χ0n) is 33.8. The number of aromatic nitrogens is 4. The number of nitrogen functional groups attached to an aromatic ring is 2. The van der Waals surface area contributed by atoms with Crippen molar-refractivity contribution in [3.8, 4) is 11.5 Å². The van der Waals surface area contributed by atoms with Gasteiger partial charge in [-0.25, -0.2) is 49.3 Å². The number of carbonyl (C=O) groups is 2. The van der Waals surface area contributed by atoms with Crippen molar-refractivity contribution in [1.29, 1.82) is 0 Å². The molecular weight excluding hydrogens is 908 g/mol. The van der Waals surface area contributed by atoms with Crippen molar-refractivity contribution < 1.29 is 63.7 Å². The Morgan fingerprint density at radius 1 is 0.762 bits per heavy atom. The van der Waals surface area contributed by atoms with Crippen molar-refractivity contribution >= 4 is 60.8 Å². The zero-order chi connectivity index (χ0) is 47.1. The van der Waals surface area contributed by atoms with Crippen molar-refractivity contribution in [2.75, 3.05) is 69.7 Å². The van der Waals surface area contributed by atoms with Crippen molar-refractivity contribution in [2.24, 2.45) is 5.73 Å². The van der Waals surface area contributed by atoms with Gasteiger partial charge in [-0.05, 0) is 48.7 Å². The van der Waals surface area contributed by atoms with Crippen LogP contribution < -0.4 is 32.0 Å². The van der Waals surface area contributed by atoms with Crippen molar-refractivity contribution in [1.82, 2.24) is 28.5 Å². The minimum atomic E-state index is -3.43. The first-order valence-corrected chi connectivity index (χ1v) is 22.3. The molecule has 2 fully saturated rings. The number of halogens is 5. The second-order valence-electron chi connectivity index (χ2n) is 13.8. The molecule has 2 aromatic carbocycles. The molecule has 0 spiro atoms. The molecule has 0 aliphatic carbocycles. The monoisotopic (exact) mass is 950 g/mol. The minimum Gasteiger partial charge on any atom is -0.496 e. The predicted molar refractivity (Wildman–Crippen MR) is 220 cm³/mol. The van der Waals surface area contributed by atoms with E-state index in [1.165, 1.54) is 18.5 Å². The van der Waals surface area contributed by atoms with E-state index < -0.39 is 84.3 Å². The molecule has 2 aromatic heterocycles. The highest BCUT2D eigenvalue weighted by molar-refractivity contribution is 7.88. The lowest BCUT2D eigenvalue weighted by Gasteiger charge is -2.34. The first-order valence-electron chi connectivity index (χ1n) is 18.2. The number of carbonyl (C=O) groups excluding carboxylic acids is 2. The minimum absolute atomic E-state index is 0.0161. The molecular formula is C36H43ClF4N10O10S2. The van der Waals surface area contributed by atoms with Crippen molar-refractivity contribution in [3.05, 3.63) is 87.5 Å². The van der Waals surface area contributed by atoms with Crippen LogP contribution in [0, 0.1) is 23.3 Å². The topological polar surface area (TPSA) is 309 Å². The smallest absolute Gasteiger partial charge is 0.224 e. The maximum Gasteiger partial charge on any atom is 0.224 e. The number of nitrogens with zero attached hydrogens (tertiary/aromatic N) is 6. The summed E-state index contributed by atoms with van der Waals surface area (Å²) in [5, 5.41) is 22.2. The van der Waals surface area contributed by atoms with E-state index in [9.17, 15) is 54.2 Å². The van der Waals surface area contributed by atoms with Crippen LogP contribution in [0.2, 0.25) is 5.28 Å². The summed E-state index contributed by atoms with van der Waals surface area (Å²) in [5.74, 6) is -7.81. The van der Waals surface area contributed by atoms with Crippen LogP contribution in [0.15, 0.2) is 36.7 Å². The van der Waals surface area contributed by atoms with E-state index in [0.29, 0.717) is 13.0 Å². The van der Waals surface area contributed by atoms with E-state index in [1.54, 1.807) is 0 Å². The normalized spacial score (nSPS) is 19.4. The average Bonchev–Trinajstić information content (AvgIpc) is 3.21. The van der Waals surface area contributed by atoms with Gasteiger partial charge in [0, 0.05) is 44.6 Å². The average molecular weight is 951 g/mol. The zero-order valence-corrected chi connectivity index (χ0v) is 36.2. The Bertz CT molecular complexity index is 2570. The lowest BCUT2D eigenvalue weighted by Crippen LogP contribution is -2.51. The molecule has 27 heteroatoms. The molecule has 344 valence electrons. The van der Waals surface area contributed by atoms with Crippen LogP contribution in [-0.2, 0) is 20.0 Å². The van der Waals surface area contributed by atoms with Gasteiger partial charge in [-0.1, -0.05) is 0 Å². The molecule has 0 amide bonds. The molecule has 0 unspecified atom stereocenters. The third-order valence-corrected chi connectivity index (χ3v) is 12.2. The number of aliphatic hydroxyl groups excluding tert-OH is 2. The van der Waals surface area contributed by atoms with Gasteiger partial charge < -0.3 is 42.2 Å². The number of anilines is 3. The lowest BCUT2D eigenvalue weighted by molar-refractivity contribution is 0.0880. The summed E-state index contributed by atoms with van der Waals surface area (Å²) in [5.41, 5.74) is 15.2.